The van der Waals surface area contributed by atoms with Crippen LogP contribution in [0, 0.1) is 29.6 Å². The molecule has 0 unspecified atom stereocenters. The first-order valence-electron chi connectivity index (χ1n) is 22.8. The molecule has 332 valence electrons. The van der Waals surface area contributed by atoms with Crippen LogP contribution in [0.1, 0.15) is 42.9 Å². The molecule has 0 N–H and O–H groups in total. The normalized spacial score (nSPS) is 15.8. The molecule has 10 aromatic rings. The van der Waals surface area contributed by atoms with Crippen molar-refractivity contribution in [1.29, 1.82) is 10.5 Å². The second-order valence-electron chi connectivity index (χ2n) is 18.0. The fraction of sp³-hybridized carbons (Fsp3) is 0.226. The van der Waals surface area contributed by atoms with Crippen LogP contribution >= 0.6 is 0 Å². The maximum absolute atomic E-state index is 10.9. The Kier molecular flexibility index (Phi) is 9.62. The zero-order valence-electron chi connectivity index (χ0n) is 37.5. The van der Waals surface area contributed by atoms with Crippen LogP contribution in [0.3, 0.4) is 0 Å². The first kappa shape index (κ1) is 40.8. The van der Waals surface area contributed by atoms with E-state index in [0.29, 0.717) is 63.6 Å². The summed E-state index contributed by atoms with van der Waals surface area (Å²) in [5.41, 5.74) is 12.1. The van der Waals surface area contributed by atoms with Crippen molar-refractivity contribution in [2.75, 3.05) is 36.0 Å². The summed E-state index contributed by atoms with van der Waals surface area (Å²) in [5.74, 6) is 1.05. The fourth-order valence-corrected chi connectivity index (χ4v) is 10.3. The zero-order chi connectivity index (χ0) is 46.0. The second-order valence-corrected chi connectivity index (χ2v) is 18.0. The van der Waals surface area contributed by atoms with E-state index >= 15 is 0 Å². The Bertz CT molecular complexity index is 3590. The molecule has 2 fully saturated rings. The van der Waals surface area contributed by atoms with Crippen LogP contribution in [0.5, 0.6) is 0 Å². The number of nitriles is 2. The van der Waals surface area contributed by atoms with E-state index in [4.69, 9.17) is 19.7 Å². The van der Waals surface area contributed by atoms with Crippen LogP contribution in [-0.4, -0.2) is 75.3 Å². The maximum Gasteiger partial charge on any atom is 0.257 e. The lowest BCUT2D eigenvalue weighted by Gasteiger charge is -2.38. The number of nitrogens with zero attached hydrogens (tertiary/aromatic N) is 14. The van der Waals surface area contributed by atoms with E-state index in [0.717, 1.165) is 83.6 Å². The first-order chi connectivity index (χ1) is 33.3. The number of benzene rings is 2. The second kappa shape index (κ2) is 16.0. The molecule has 0 saturated carbocycles. The minimum atomic E-state index is -0.744. The molecule has 68 heavy (non-hydrogen) atoms. The number of aryl methyl sites for hydroxylation is 2. The van der Waals surface area contributed by atoms with E-state index < -0.39 is 10.8 Å². The summed E-state index contributed by atoms with van der Waals surface area (Å²) in [4.78, 5) is 18.8. The van der Waals surface area contributed by atoms with Gasteiger partial charge >= 0.3 is 0 Å². The Morgan fingerprint density at radius 3 is 1.94 bits per heavy atom. The fourth-order valence-electron chi connectivity index (χ4n) is 10.3. The summed E-state index contributed by atoms with van der Waals surface area (Å²) in [6.07, 6.45) is 15.9. The molecule has 0 bridgehead atoms. The molecule has 0 spiro atoms. The van der Waals surface area contributed by atoms with Crippen molar-refractivity contribution >= 4 is 33.3 Å². The van der Waals surface area contributed by atoms with Crippen molar-refractivity contribution in [3.63, 3.8) is 0 Å². The number of piperidine rings is 2. The van der Waals surface area contributed by atoms with Crippen molar-refractivity contribution in [2.24, 2.45) is 7.05 Å². The summed E-state index contributed by atoms with van der Waals surface area (Å²) < 4.78 is 11.2. The third kappa shape index (κ3) is 6.73. The van der Waals surface area contributed by atoms with Crippen molar-refractivity contribution in [3.8, 4) is 57.0 Å². The van der Waals surface area contributed by atoms with Crippen LogP contribution in [0.15, 0.2) is 139 Å². The lowest BCUT2D eigenvalue weighted by Crippen LogP contribution is -2.42. The molecule has 2 aliphatic heterocycles. The Balaban J connectivity index is 0.844. The number of hydrogen-bond acceptors (Lipinski definition) is 12. The van der Waals surface area contributed by atoms with E-state index in [1.54, 1.807) is 13.1 Å². The third-order valence-corrected chi connectivity index (χ3v) is 14.2. The number of aromatic nitrogens is 10. The predicted molar refractivity (Wildman–Crippen MR) is 259 cm³/mol. The third-order valence-electron chi connectivity index (χ3n) is 14.2. The minimum absolute atomic E-state index is 0.473. The highest BCUT2D eigenvalue weighted by Gasteiger charge is 2.40. The molecule has 12 rings (SSSR count). The Morgan fingerprint density at radius 1 is 0.603 bits per heavy atom. The monoisotopic (exact) mass is 892 g/mol. The molecule has 0 amide bonds. The number of rotatable bonds is 8. The van der Waals surface area contributed by atoms with Gasteiger partial charge in [0, 0.05) is 91.2 Å². The van der Waals surface area contributed by atoms with Crippen molar-refractivity contribution in [2.45, 2.75) is 43.4 Å². The largest absolute Gasteiger partial charge is 0.370 e. The summed E-state index contributed by atoms with van der Waals surface area (Å²) in [5, 5.41) is 40.6. The molecule has 8 aromatic heterocycles. The van der Waals surface area contributed by atoms with Gasteiger partial charge in [-0.15, -0.1) is 0 Å². The van der Waals surface area contributed by atoms with Crippen molar-refractivity contribution in [3.05, 3.63) is 152 Å². The van der Waals surface area contributed by atoms with Crippen LogP contribution in [0.25, 0.3) is 66.8 Å². The molecule has 15 nitrogen and oxygen atoms in total. The van der Waals surface area contributed by atoms with E-state index in [2.05, 4.69) is 90.7 Å². The van der Waals surface area contributed by atoms with Gasteiger partial charge in [0.2, 0.25) is 0 Å². The number of anilines is 2. The van der Waals surface area contributed by atoms with E-state index in [9.17, 15) is 10.5 Å². The Hall–Kier alpha value is -8.69. The number of hydrogen-bond donors (Lipinski definition) is 0. The quantitative estimate of drug-likeness (QED) is 0.142. The lowest BCUT2D eigenvalue weighted by atomic mass is 9.76. The predicted octanol–water partition coefficient (Wildman–Crippen LogP) is 9.14. The molecular formula is C53H44N14O. The van der Waals surface area contributed by atoms with Gasteiger partial charge in [0.15, 0.2) is 5.82 Å². The zero-order valence-corrected chi connectivity index (χ0v) is 37.5. The standard InChI is InChI=1S/C53H44N14O/c1-35-61-51(68-62-35)37-10-8-36(9-11-37)42-30-60-67-32-41(27-46(50(42)67)65-24-18-52(33-54,19-25-65)47-7-3-4-20-56-47)39-14-15-48(57-28-39)53(34-55)16-22-64(23-17-53)44-6-5-21-66-49(44)43(31-59-66)38-12-13-40-29-58-63(2)45(40)26-38/h3-15,20-21,26-32H,16-19,22-25H2,1-2H3. The highest BCUT2D eigenvalue weighted by Crippen LogP contribution is 2.43. The highest BCUT2D eigenvalue weighted by molar-refractivity contribution is 5.94. The molecule has 2 aromatic carbocycles. The average molecular weight is 893 g/mol. The summed E-state index contributed by atoms with van der Waals surface area (Å²) in [6.45, 7) is 4.48. The maximum atomic E-state index is 10.9. The van der Waals surface area contributed by atoms with Crippen molar-refractivity contribution < 1.29 is 4.52 Å². The molecule has 0 aliphatic carbocycles. The van der Waals surface area contributed by atoms with E-state index in [-0.39, 0.29) is 0 Å². The molecule has 10 heterocycles. The highest BCUT2D eigenvalue weighted by atomic mass is 16.5. The van der Waals surface area contributed by atoms with Gasteiger partial charge in [0.05, 0.1) is 70.0 Å². The Labute approximate surface area is 391 Å². The molecule has 15 heteroatoms. The molecule has 0 radical (unpaired) electrons. The topological polar surface area (TPSA) is 171 Å². The van der Waals surface area contributed by atoms with Gasteiger partial charge in [0.25, 0.3) is 5.89 Å². The summed E-state index contributed by atoms with van der Waals surface area (Å²) in [6, 6.07) is 36.2. The molecule has 2 aliphatic rings. The van der Waals surface area contributed by atoms with Gasteiger partial charge in [0.1, 0.15) is 10.8 Å². The van der Waals surface area contributed by atoms with Crippen LogP contribution in [-0.2, 0) is 17.9 Å². The molecule has 0 atom stereocenters. The van der Waals surface area contributed by atoms with Gasteiger partial charge in [-0.3, -0.25) is 14.6 Å². The van der Waals surface area contributed by atoms with Crippen LogP contribution in [0.4, 0.5) is 11.4 Å². The lowest BCUT2D eigenvalue weighted by molar-refractivity contribution is 0.406. The van der Waals surface area contributed by atoms with Crippen LogP contribution < -0.4 is 9.80 Å². The molecular weight excluding hydrogens is 849 g/mol. The van der Waals surface area contributed by atoms with E-state index in [1.807, 2.05) is 100 Å². The Morgan fingerprint density at radius 2 is 1.26 bits per heavy atom. The van der Waals surface area contributed by atoms with Gasteiger partial charge in [-0.05, 0) is 98.3 Å². The van der Waals surface area contributed by atoms with Gasteiger partial charge in [-0.1, -0.05) is 41.6 Å². The average Bonchev–Trinajstić information content (AvgIpc) is 4.23. The SMILES string of the molecule is Cc1noc(-c2ccc(-c3cnn4cc(-c5ccc(C6(C#N)CCN(c7cccn8ncc(-c9ccc%10cnn(C)c%10c9)c78)CC6)nc5)cc(N5CCC(C#N)(c6ccccn6)CC5)c34)cc2)n1. The molecule has 2 saturated heterocycles. The van der Waals surface area contributed by atoms with Gasteiger partial charge in [-0.2, -0.15) is 30.8 Å². The van der Waals surface area contributed by atoms with E-state index in [1.165, 1.54) is 0 Å². The first-order valence-corrected chi connectivity index (χ1v) is 22.8. The summed E-state index contributed by atoms with van der Waals surface area (Å²) in [7, 11) is 1.96. The number of fused-ring (bicyclic) bond motifs is 3. The van der Waals surface area contributed by atoms with Crippen LogP contribution in [0.2, 0.25) is 0 Å². The van der Waals surface area contributed by atoms with Gasteiger partial charge in [-0.25, -0.2) is 9.03 Å². The van der Waals surface area contributed by atoms with Gasteiger partial charge < -0.3 is 14.3 Å². The summed E-state index contributed by atoms with van der Waals surface area (Å²) >= 11 is 0. The minimum Gasteiger partial charge on any atom is -0.370 e. The number of pyridine rings is 4. The smallest absolute Gasteiger partial charge is 0.257 e. The van der Waals surface area contributed by atoms with Crippen molar-refractivity contribution in [1.82, 2.24) is 49.1 Å².